The molecule has 3 nitrogen and oxygen atoms in total. The molecule has 0 heterocycles. The molecule has 120 valence electrons. The third kappa shape index (κ3) is 3.62. The van der Waals surface area contributed by atoms with Gasteiger partial charge in [0.1, 0.15) is 0 Å². The van der Waals surface area contributed by atoms with E-state index in [4.69, 9.17) is 0 Å². The molecule has 0 spiro atoms. The summed E-state index contributed by atoms with van der Waals surface area (Å²) in [6.07, 6.45) is 3.45. The Morgan fingerprint density at radius 1 is 1.17 bits per heavy atom. The molecule has 0 radical (unpaired) electrons. The van der Waals surface area contributed by atoms with E-state index in [2.05, 4.69) is 34.5 Å². The third-order valence-corrected chi connectivity index (χ3v) is 4.68. The topological polar surface area (TPSA) is 32.3 Å². The Morgan fingerprint density at radius 2 is 1.91 bits per heavy atom. The summed E-state index contributed by atoms with van der Waals surface area (Å²) >= 11 is 0. The summed E-state index contributed by atoms with van der Waals surface area (Å²) in [6, 6.07) is 16.8. The van der Waals surface area contributed by atoms with E-state index in [1.54, 1.807) is 0 Å². The van der Waals surface area contributed by atoms with E-state index in [0.717, 1.165) is 24.1 Å². The average molecular weight is 308 g/mol. The summed E-state index contributed by atoms with van der Waals surface area (Å²) in [4.78, 5) is 14.5. The Labute approximate surface area is 138 Å². The van der Waals surface area contributed by atoms with Gasteiger partial charge in [-0.3, -0.25) is 9.69 Å². The largest absolute Gasteiger partial charge is 0.325 e. The Morgan fingerprint density at radius 3 is 2.74 bits per heavy atom. The molecule has 2 aromatic carbocycles. The van der Waals surface area contributed by atoms with Gasteiger partial charge in [-0.05, 0) is 56.0 Å². The zero-order chi connectivity index (χ0) is 16.2. The Kier molecular flexibility index (Phi) is 4.77. The van der Waals surface area contributed by atoms with Gasteiger partial charge in [0.05, 0.1) is 6.54 Å². The van der Waals surface area contributed by atoms with Gasteiger partial charge in [-0.2, -0.15) is 0 Å². The lowest BCUT2D eigenvalue weighted by atomic mass is 9.87. The van der Waals surface area contributed by atoms with E-state index >= 15 is 0 Å². The number of hydrogen-bond donors (Lipinski definition) is 1. The normalized spacial score (nSPS) is 16.9. The Hall–Kier alpha value is -2.13. The summed E-state index contributed by atoms with van der Waals surface area (Å²) < 4.78 is 0. The van der Waals surface area contributed by atoms with Crippen molar-refractivity contribution in [3.05, 3.63) is 65.2 Å². The maximum absolute atomic E-state index is 12.4. The number of likely N-dealkylation sites (N-methyl/N-ethyl adjacent to an activating group) is 1. The zero-order valence-electron chi connectivity index (χ0n) is 13.9. The SMILES string of the molecule is Cc1ccccc1NC(=O)CN(C)C1CCCc2ccccc21. The first-order valence-electron chi connectivity index (χ1n) is 8.28. The number of amides is 1. The number of carbonyl (C=O) groups excluding carboxylic acids is 1. The van der Waals surface area contributed by atoms with E-state index in [0.29, 0.717) is 12.6 Å². The van der Waals surface area contributed by atoms with Gasteiger partial charge >= 0.3 is 0 Å². The van der Waals surface area contributed by atoms with Crippen LogP contribution in [0.2, 0.25) is 0 Å². The summed E-state index contributed by atoms with van der Waals surface area (Å²) in [6.45, 7) is 2.42. The van der Waals surface area contributed by atoms with Gasteiger partial charge in [0.15, 0.2) is 0 Å². The van der Waals surface area contributed by atoms with Crippen LogP contribution in [0, 0.1) is 6.92 Å². The molecule has 3 heteroatoms. The monoisotopic (exact) mass is 308 g/mol. The predicted molar refractivity (Wildman–Crippen MR) is 94.6 cm³/mol. The van der Waals surface area contributed by atoms with E-state index < -0.39 is 0 Å². The van der Waals surface area contributed by atoms with Crippen molar-refractivity contribution in [1.82, 2.24) is 4.90 Å². The molecule has 0 saturated carbocycles. The summed E-state index contributed by atoms with van der Waals surface area (Å²) in [5.41, 5.74) is 4.79. The van der Waals surface area contributed by atoms with Crippen LogP contribution in [0.25, 0.3) is 0 Å². The maximum atomic E-state index is 12.4. The van der Waals surface area contributed by atoms with Gasteiger partial charge in [-0.15, -0.1) is 0 Å². The summed E-state index contributed by atoms with van der Waals surface area (Å²) in [5, 5.41) is 3.02. The van der Waals surface area contributed by atoms with Crippen LogP contribution in [-0.4, -0.2) is 24.4 Å². The molecule has 0 fully saturated rings. The molecule has 1 amide bonds. The van der Waals surface area contributed by atoms with Gasteiger partial charge in [0.2, 0.25) is 5.91 Å². The minimum absolute atomic E-state index is 0.0462. The number of aryl methyl sites for hydroxylation is 2. The molecule has 0 bridgehead atoms. The lowest BCUT2D eigenvalue weighted by molar-refractivity contribution is -0.117. The van der Waals surface area contributed by atoms with Gasteiger partial charge in [0.25, 0.3) is 0 Å². The number of carbonyl (C=O) groups is 1. The summed E-state index contributed by atoms with van der Waals surface area (Å²) in [7, 11) is 2.05. The fraction of sp³-hybridized carbons (Fsp3) is 0.350. The van der Waals surface area contributed by atoms with Crippen molar-refractivity contribution < 1.29 is 4.79 Å². The quantitative estimate of drug-likeness (QED) is 0.928. The minimum atomic E-state index is 0.0462. The highest BCUT2D eigenvalue weighted by Crippen LogP contribution is 2.33. The van der Waals surface area contributed by atoms with Crippen LogP contribution < -0.4 is 5.32 Å². The van der Waals surface area contributed by atoms with Crippen molar-refractivity contribution in [3.63, 3.8) is 0 Å². The van der Waals surface area contributed by atoms with Crippen LogP contribution in [0.15, 0.2) is 48.5 Å². The minimum Gasteiger partial charge on any atom is -0.325 e. The number of nitrogens with one attached hydrogen (secondary N) is 1. The standard InChI is InChI=1S/C20H24N2O/c1-15-8-3-6-12-18(15)21-20(23)14-22(2)19-13-7-10-16-9-4-5-11-17(16)19/h3-6,8-9,11-12,19H,7,10,13-14H2,1-2H3,(H,21,23). The number of nitrogens with zero attached hydrogens (tertiary/aromatic N) is 1. The molecule has 1 atom stereocenters. The molecule has 1 unspecified atom stereocenters. The number of para-hydroxylation sites is 1. The molecule has 1 aliphatic carbocycles. The van der Waals surface area contributed by atoms with Crippen LogP contribution in [-0.2, 0) is 11.2 Å². The van der Waals surface area contributed by atoms with Crippen LogP contribution in [0.3, 0.4) is 0 Å². The van der Waals surface area contributed by atoms with Crippen molar-refractivity contribution in [2.45, 2.75) is 32.2 Å². The molecule has 23 heavy (non-hydrogen) atoms. The van der Waals surface area contributed by atoms with Gasteiger partial charge in [-0.1, -0.05) is 42.5 Å². The molecule has 1 aliphatic rings. The van der Waals surface area contributed by atoms with Crippen molar-refractivity contribution >= 4 is 11.6 Å². The molecule has 3 rings (SSSR count). The highest BCUT2D eigenvalue weighted by molar-refractivity contribution is 5.92. The van der Waals surface area contributed by atoms with Crippen molar-refractivity contribution in [3.8, 4) is 0 Å². The first-order chi connectivity index (χ1) is 11.1. The molecule has 0 aliphatic heterocycles. The number of rotatable bonds is 4. The first kappa shape index (κ1) is 15.8. The van der Waals surface area contributed by atoms with E-state index in [9.17, 15) is 4.79 Å². The van der Waals surface area contributed by atoms with Crippen molar-refractivity contribution in [2.75, 3.05) is 18.9 Å². The lowest BCUT2D eigenvalue weighted by Gasteiger charge is -2.32. The van der Waals surface area contributed by atoms with Crippen LogP contribution in [0.1, 0.15) is 35.6 Å². The smallest absolute Gasteiger partial charge is 0.238 e. The van der Waals surface area contributed by atoms with Crippen molar-refractivity contribution in [2.24, 2.45) is 0 Å². The molecule has 2 aromatic rings. The Bertz CT molecular complexity index is 696. The second kappa shape index (κ2) is 6.97. The van der Waals surface area contributed by atoms with Crippen LogP contribution in [0.5, 0.6) is 0 Å². The van der Waals surface area contributed by atoms with Gasteiger partial charge in [0, 0.05) is 11.7 Å². The van der Waals surface area contributed by atoms with Gasteiger partial charge in [-0.25, -0.2) is 0 Å². The fourth-order valence-corrected chi connectivity index (χ4v) is 3.43. The fourth-order valence-electron chi connectivity index (χ4n) is 3.43. The molecule has 1 N–H and O–H groups in total. The van der Waals surface area contributed by atoms with E-state index in [-0.39, 0.29) is 5.91 Å². The number of fused-ring (bicyclic) bond motifs is 1. The summed E-state index contributed by atoms with van der Waals surface area (Å²) in [5.74, 6) is 0.0462. The maximum Gasteiger partial charge on any atom is 0.238 e. The Balaban J connectivity index is 1.67. The van der Waals surface area contributed by atoms with E-state index in [1.807, 2.05) is 38.2 Å². The molecular formula is C20H24N2O. The molecule has 0 saturated heterocycles. The first-order valence-corrected chi connectivity index (χ1v) is 8.28. The second-order valence-corrected chi connectivity index (χ2v) is 6.39. The molecule has 0 aromatic heterocycles. The van der Waals surface area contributed by atoms with Gasteiger partial charge < -0.3 is 5.32 Å². The number of benzene rings is 2. The van der Waals surface area contributed by atoms with Crippen LogP contribution in [0.4, 0.5) is 5.69 Å². The molecular weight excluding hydrogens is 284 g/mol. The average Bonchev–Trinajstić information content (AvgIpc) is 2.56. The second-order valence-electron chi connectivity index (χ2n) is 6.39. The van der Waals surface area contributed by atoms with E-state index in [1.165, 1.54) is 17.5 Å². The highest BCUT2D eigenvalue weighted by atomic mass is 16.2. The number of anilines is 1. The number of hydrogen-bond acceptors (Lipinski definition) is 2. The highest BCUT2D eigenvalue weighted by Gasteiger charge is 2.24. The van der Waals surface area contributed by atoms with Crippen LogP contribution >= 0.6 is 0 Å². The third-order valence-electron chi connectivity index (χ3n) is 4.68. The zero-order valence-corrected chi connectivity index (χ0v) is 13.9. The predicted octanol–water partition coefficient (Wildman–Crippen LogP) is 3.94. The lowest BCUT2D eigenvalue weighted by Crippen LogP contribution is -2.35. The van der Waals surface area contributed by atoms with Crippen molar-refractivity contribution in [1.29, 1.82) is 0 Å².